The van der Waals surface area contributed by atoms with E-state index >= 15 is 0 Å². The summed E-state index contributed by atoms with van der Waals surface area (Å²) < 4.78 is 0. The van der Waals surface area contributed by atoms with Crippen molar-refractivity contribution in [2.45, 2.75) is 32.1 Å². The first-order valence-corrected chi connectivity index (χ1v) is 9.13. The summed E-state index contributed by atoms with van der Waals surface area (Å²) in [4.78, 5) is 31.3. The molecule has 3 rings (SSSR count). The van der Waals surface area contributed by atoms with E-state index < -0.39 is 0 Å². The molecule has 0 aromatic carbocycles. The van der Waals surface area contributed by atoms with Gasteiger partial charge in [0.1, 0.15) is 5.69 Å². The van der Waals surface area contributed by atoms with Gasteiger partial charge in [-0.3, -0.25) is 14.6 Å². The topological polar surface area (TPSA) is 65.5 Å². The average molecular weight is 342 g/mol. The maximum absolute atomic E-state index is 12.4. The highest BCUT2D eigenvalue weighted by Gasteiger charge is 2.17. The molecule has 25 heavy (non-hydrogen) atoms. The van der Waals surface area contributed by atoms with Crippen LogP contribution in [-0.4, -0.2) is 54.9 Å². The molecular weight excluding hydrogens is 316 g/mol. The minimum absolute atomic E-state index is 0.121. The van der Waals surface area contributed by atoms with E-state index in [4.69, 9.17) is 0 Å². The molecule has 1 aliphatic heterocycles. The van der Waals surface area contributed by atoms with Crippen LogP contribution in [0.25, 0.3) is 0 Å². The number of nitrogens with one attached hydrogen (secondary N) is 1. The van der Waals surface area contributed by atoms with Crippen molar-refractivity contribution in [3.8, 4) is 0 Å². The van der Waals surface area contributed by atoms with E-state index in [-0.39, 0.29) is 5.91 Å². The normalized spacial score (nSPS) is 17.8. The summed E-state index contributed by atoms with van der Waals surface area (Å²) in [6.07, 6.45) is 10.7. The second-order valence-corrected chi connectivity index (χ2v) is 6.64. The maximum Gasteiger partial charge on any atom is 0.269 e. The Bertz CT molecular complexity index is 636. The number of allylic oxidation sites excluding steroid dienone is 1. The Morgan fingerprint density at radius 3 is 2.80 bits per heavy atom. The van der Waals surface area contributed by atoms with E-state index in [1.165, 1.54) is 24.8 Å². The zero-order valence-corrected chi connectivity index (χ0v) is 14.6. The average Bonchev–Trinajstić information content (AvgIpc) is 2.69. The van der Waals surface area contributed by atoms with E-state index in [0.29, 0.717) is 25.3 Å². The van der Waals surface area contributed by atoms with Gasteiger partial charge in [0.25, 0.3) is 5.91 Å². The lowest BCUT2D eigenvalue weighted by atomic mass is 9.97. The third-order valence-electron chi connectivity index (χ3n) is 4.92. The first-order chi connectivity index (χ1) is 12.3. The number of carbonyl (C=O) groups excluding carboxylic acids is 2. The van der Waals surface area contributed by atoms with E-state index in [0.717, 1.165) is 38.0 Å². The number of piperazine rings is 1. The number of carbonyl (C=O) groups is 2. The number of hydrogen-bond donors (Lipinski definition) is 1. The molecule has 2 aliphatic rings. The van der Waals surface area contributed by atoms with Crippen LogP contribution in [0.5, 0.6) is 0 Å². The third kappa shape index (κ3) is 4.81. The van der Waals surface area contributed by atoms with Gasteiger partial charge in [0.2, 0.25) is 6.41 Å². The molecule has 0 spiro atoms. The van der Waals surface area contributed by atoms with Crippen LogP contribution in [0.15, 0.2) is 30.0 Å². The van der Waals surface area contributed by atoms with Gasteiger partial charge in [0.15, 0.2) is 0 Å². The summed E-state index contributed by atoms with van der Waals surface area (Å²) in [5.74, 6) is -0.121. The number of aromatic nitrogens is 1. The van der Waals surface area contributed by atoms with Crippen LogP contribution >= 0.6 is 0 Å². The Hall–Kier alpha value is -2.37. The van der Waals surface area contributed by atoms with Gasteiger partial charge >= 0.3 is 0 Å². The zero-order chi connectivity index (χ0) is 17.5. The van der Waals surface area contributed by atoms with Gasteiger partial charge < -0.3 is 15.1 Å². The van der Waals surface area contributed by atoms with E-state index in [9.17, 15) is 9.59 Å². The highest BCUT2D eigenvalue weighted by Crippen LogP contribution is 2.20. The van der Waals surface area contributed by atoms with Crippen LogP contribution in [0.1, 0.15) is 42.6 Å². The van der Waals surface area contributed by atoms with E-state index in [1.807, 2.05) is 12.1 Å². The molecule has 1 aliphatic carbocycles. The number of anilines is 1. The molecule has 1 aromatic heterocycles. The number of nitrogens with zero attached hydrogens (tertiary/aromatic N) is 3. The minimum atomic E-state index is -0.121. The molecule has 6 heteroatoms. The lowest BCUT2D eigenvalue weighted by Gasteiger charge is -2.34. The van der Waals surface area contributed by atoms with E-state index in [1.54, 1.807) is 11.1 Å². The van der Waals surface area contributed by atoms with Gasteiger partial charge in [-0.25, -0.2) is 0 Å². The monoisotopic (exact) mass is 342 g/mol. The van der Waals surface area contributed by atoms with Crippen LogP contribution in [-0.2, 0) is 4.79 Å². The SMILES string of the molecule is O=CN1CCN(c2ccnc(C(=O)NCCC3=CCCCC3)c2)CC1. The summed E-state index contributed by atoms with van der Waals surface area (Å²) in [6.45, 7) is 3.63. The molecule has 2 heterocycles. The Morgan fingerprint density at radius 1 is 1.24 bits per heavy atom. The first-order valence-electron chi connectivity index (χ1n) is 9.13. The van der Waals surface area contributed by atoms with Gasteiger partial charge in [0.05, 0.1) is 0 Å². The van der Waals surface area contributed by atoms with Crippen molar-refractivity contribution in [2.24, 2.45) is 0 Å². The van der Waals surface area contributed by atoms with Crippen molar-refractivity contribution in [1.82, 2.24) is 15.2 Å². The summed E-state index contributed by atoms with van der Waals surface area (Å²) >= 11 is 0. The number of amides is 2. The van der Waals surface area contributed by atoms with Crippen molar-refractivity contribution in [3.63, 3.8) is 0 Å². The molecule has 0 saturated carbocycles. The smallest absolute Gasteiger partial charge is 0.269 e. The van der Waals surface area contributed by atoms with Crippen molar-refractivity contribution in [3.05, 3.63) is 35.7 Å². The minimum Gasteiger partial charge on any atom is -0.368 e. The summed E-state index contributed by atoms with van der Waals surface area (Å²) in [5, 5.41) is 2.98. The van der Waals surface area contributed by atoms with Gasteiger partial charge in [-0.2, -0.15) is 0 Å². The largest absolute Gasteiger partial charge is 0.368 e. The highest BCUT2D eigenvalue weighted by atomic mass is 16.2. The molecule has 0 radical (unpaired) electrons. The summed E-state index contributed by atoms with van der Waals surface area (Å²) in [6, 6.07) is 3.76. The van der Waals surface area contributed by atoms with Crippen molar-refractivity contribution in [1.29, 1.82) is 0 Å². The molecule has 134 valence electrons. The fraction of sp³-hybridized carbons (Fsp3) is 0.526. The molecule has 1 fully saturated rings. The maximum atomic E-state index is 12.4. The number of hydrogen-bond acceptors (Lipinski definition) is 4. The molecule has 0 unspecified atom stereocenters. The molecule has 1 aromatic rings. The molecule has 6 nitrogen and oxygen atoms in total. The quantitative estimate of drug-likeness (QED) is 0.634. The first kappa shape index (κ1) is 17.5. The second kappa shape index (κ2) is 8.65. The van der Waals surface area contributed by atoms with Crippen LogP contribution in [0.4, 0.5) is 5.69 Å². The molecule has 2 amide bonds. The molecule has 1 saturated heterocycles. The van der Waals surface area contributed by atoms with Gasteiger partial charge in [-0.15, -0.1) is 0 Å². The number of rotatable bonds is 6. The molecule has 0 bridgehead atoms. The van der Waals surface area contributed by atoms with Crippen LogP contribution in [0.3, 0.4) is 0 Å². The van der Waals surface area contributed by atoms with Crippen molar-refractivity contribution >= 4 is 18.0 Å². The van der Waals surface area contributed by atoms with Gasteiger partial charge in [0, 0.05) is 44.6 Å². The Labute approximate surface area is 148 Å². The Morgan fingerprint density at radius 2 is 2.08 bits per heavy atom. The number of pyridine rings is 1. The Kier molecular flexibility index (Phi) is 6.04. The Balaban J connectivity index is 1.52. The van der Waals surface area contributed by atoms with Crippen LogP contribution in [0, 0.1) is 0 Å². The fourth-order valence-electron chi connectivity index (χ4n) is 3.38. The zero-order valence-electron chi connectivity index (χ0n) is 14.6. The highest BCUT2D eigenvalue weighted by molar-refractivity contribution is 5.93. The van der Waals surface area contributed by atoms with Gasteiger partial charge in [-0.05, 0) is 44.2 Å². The van der Waals surface area contributed by atoms with Gasteiger partial charge in [-0.1, -0.05) is 11.6 Å². The standard InChI is InChI=1S/C19H26N4O2/c24-15-22-10-12-23(13-11-22)17-7-9-20-18(14-17)19(25)21-8-6-16-4-2-1-3-5-16/h4,7,9,14-15H,1-3,5-6,8,10-13H2,(H,21,25). The molecule has 1 N–H and O–H groups in total. The lowest BCUT2D eigenvalue weighted by Crippen LogP contribution is -2.45. The van der Waals surface area contributed by atoms with Crippen LogP contribution < -0.4 is 10.2 Å². The fourth-order valence-corrected chi connectivity index (χ4v) is 3.38. The van der Waals surface area contributed by atoms with Crippen LogP contribution in [0.2, 0.25) is 0 Å². The van der Waals surface area contributed by atoms with E-state index in [2.05, 4.69) is 21.3 Å². The lowest BCUT2D eigenvalue weighted by molar-refractivity contribution is -0.118. The van der Waals surface area contributed by atoms with Crippen molar-refractivity contribution in [2.75, 3.05) is 37.6 Å². The summed E-state index contributed by atoms with van der Waals surface area (Å²) in [5.41, 5.74) is 2.90. The third-order valence-corrected chi connectivity index (χ3v) is 4.92. The predicted molar refractivity (Wildman–Crippen MR) is 97.6 cm³/mol. The molecular formula is C19H26N4O2. The van der Waals surface area contributed by atoms with Crippen molar-refractivity contribution < 1.29 is 9.59 Å². The second-order valence-electron chi connectivity index (χ2n) is 6.64. The summed E-state index contributed by atoms with van der Waals surface area (Å²) in [7, 11) is 0. The predicted octanol–water partition coefficient (Wildman–Crippen LogP) is 1.98. The molecule has 0 atom stereocenters.